The molecule has 3 unspecified atom stereocenters. The van der Waals surface area contributed by atoms with Crippen molar-refractivity contribution in [3.63, 3.8) is 0 Å². The molecule has 0 spiro atoms. The Morgan fingerprint density at radius 2 is 2.29 bits per heavy atom. The summed E-state index contributed by atoms with van der Waals surface area (Å²) in [5.74, 6) is 7.19. The van der Waals surface area contributed by atoms with Crippen LogP contribution in [0, 0.1) is 11.8 Å². The molecule has 3 N–H and O–H groups in total. The van der Waals surface area contributed by atoms with Gasteiger partial charge in [-0.25, -0.2) is 0 Å². The molecule has 0 aromatic heterocycles. The van der Waals surface area contributed by atoms with E-state index in [9.17, 15) is 0 Å². The third-order valence-corrected chi connectivity index (χ3v) is 3.58. The van der Waals surface area contributed by atoms with Crippen LogP contribution in [0.2, 0.25) is 0 Å². The van der Waals surface area contributed by atoms with Crippen LogP contribution in [0.25, 0.3) is 0 Å². The fourth-order valence-corrected chi connectivity index (χ4v) is 2.69. The minimum Gasteiger partial charge on any atom is -0.271 e. The van der Waals surface area contributed by atoms with Crippen molar-refractivity contribution in [3.05, 3.63) is 12.2 Å². The van der Waals surface area contributed by atoms with Crippen LogP contribution in [0.5, 0.6) is 0 Å². The monoisotopic (exact) mass is 196 g/mol. The topological polar surface area (TPSA) is 38.0 Å². The molecule has 0 bridgehead atoms. The molecule has 0 heterocycles. The molecule has 0 saturated heterocycles. The molecule has 1 fully saturated rings. The molecule has 0 radical (unpaired) electrons. The quantitative estimate of drug-likeness (QED) is 0.412. The highest BCUT2D eigenvalue weighted by atomic mass is 15.2. The van der Waals surface area contributed by atoms with E-state index in [1.807, 2.05) is 0 Å². The number of hydrazine groups is 1. The molecule has 0 aromatic rings. The zero-order valence-electron chi connectivity index (χ0n) is 9.55. The van der Waals surface area contributed by atoms with Crippen LogP contribution < -0.4 is 11.3 Å². The van der Waals surface area contributed by atoms with Crippen LogP contribution in [0.1, 0.15) is 46.0 Å². The van der Waals surface area contributed by atoms with Gasteiger partial charge in [-0.2, -0.15) is 0 Å². The van der Waals surface area contributed by atoms with E-state index in [1.165, 1.54) is 37.7 Å². The summed E-state index contributed by atoms with van der Waals surface area (Å²) in [4.78, 5) is 0. The third-order valence-electron chi connectivity index (χ3n) is 3.58. The Morgan fingerprint density at radius 1 is 1.57 bits per heavy atom. The summed E-state index contributed by atoms with van der Waals surface area (Å²) in [6.45, 7) is 8.37. The molecule has 0 amide bonds. The molecule has 1 rings (SSSR count). The van der Waals surface area contributed by atoms with Gasteiger partial charge in [-0.15, -0.1) is 0 Å². The summed E-state index contributed by atoms with van der Waals surface area (Å²) < 4.78 is 0. The molecular formula is C12H24N2. The maximum Gasteiger partial charge on any atom is 0.0442 e. The second-order valence-electron chi connectivity index (χ2n) is 4.69. The van der Waals surface area contributed by atoms with E-state index >= 15 is 0 Å². The lowest BCUT2D eigenvalue weighted by atomic mass is 9.75. The zero-order valence-corrected chi connectivity index (χ0v) is 9.55. The Morgan fingerprint density at radius 3 is 2.79 bits per heavy atom. The lowest BCUT2D eigenvalue weighted by Crippen LogP contribution is -2.43. The first-order valence-electron chi connectivity index (χ1n) is 5.80. The molecule has 1 aliphatic carbocycles. The first-order chi connectivity index (χ1) is 6.69. The lowest BCUT2D eigenvalue weighted by Gasteiger charge is -2.34. The van der Waals surface area contributed by atoms with Gasteiger partial charge in [0.25, 0.3) is 0 Å². The van der Waals surface area contributed by atoms with E-state index in [-0.39, 0.29) is 0 Å². The second kappa shape index (κ2) is 5.52. The summed E-state index contributed by atoms with van der Waals surface area (Å²) in [7, 11) is 0. The molecule has 0 aromatic carbocycles. The molecule has 14 heavy (non-hydrogen) atoms. The fourth-order valence-electron chi connectivity index (χ4n) is 2.69. The van der Waals surface area contributed by atoms with Crippen molar-refractivity contribution in [3.8, 4) is 0 Å². The van der Waals surface area contributed by atoms with Crippen LogP contribution in [0.3, 0.4) is 0 Å². The van der Waals surface area contributed by atoms with Gasteiger partial charge in [0, 0.05) is 6.04 Å². The van der Waals surface area contributed by atoms with E-state index in [0.29, 0.717) is 12.0 Å². The van der Waals surface area contributed by atoms with Crippen LogP contribution in [0.4, 0.5) is 0 Å². The van der Waals surface area contributed by atoms with E-state index in [2.05, 4.69) is 25.9 Å². The highest BCUT2D eigenvalue weighted by Gasteiger charge is 2.27. The van der Waals surface area contributed by atoms with Crippen molar-refractivity contribution in [1.82, 2.24) is 5.43 Å². The van der Waals surface area contributed by atoms with E-state index in [1.54, 1.807) is 0 Å². The van der Waals surface area contributed by atoms with Crippen molar-refractivity contribution in [1.29, 1.82) is 0 Å². The van der Waals surface area contributed by atoms with Gasteiger partial charge < -0.3 is 0 Å². The number of hydrogen-bond donors (Lipinski definition) is 2. The minimum absolute atomic E-state index is 0.323. The maximum absolute atomic E-state index is 5.58. The maximum atomic E-state index is 5.58. The predicted molar refractivity (Wildman–Crippen MR) is 61.7 cm³/mol. The molecule has 3 atom stereocenters. The first kappa shape index (κ1) is 11.7. The van der Waals surface area contributed by atoms with E-state index < -0.39 is 0 Å². The van der Waals surface area contributed by atoms with Crippen molar-refractivity contribution >= 4 is 0 Å². The van der Waals surface area contributed by atoms with Gasteiger partial charge in [0.15, 0.2) is 0 Å². The van der Waals surface area contributed by atoms with Crippen molar-refractivity contribution in [2.75, 3.05) is 0 Å². The normalized spacial score (nSPS) is 29.9. The number of nitrogens with two attached hydrogens (primary N) is 1. The number of nitrogens with one attached hydrogen (secondary N) is 1. The molecule has 2 nitrogen and oxygen atoms in total. The largest absolute Gasteiger partial charge is 0.271 e. The second-order valence-corrected chi connectivity index (χ2v) is 4.69. The minimum atomic E-state index is 0.323. The summed E-state index contributed by atoms with van der Waals surface area (Å²) in [6.07, 6.45) is 6.69. The Kier molecular flexibility index (Phi) is 4.63. The molecule has 82 valence electrons. The summed E-state index contributed by atoms with van der Waals surface area (Å²) in [6, 6.07) is 0.323. The SMILES string of the molecule is C=C(C)C(NN)C1CCCC(CC)C1. The average Bonchev–Trinajstić information content (AvgIpc) is 2.19. The smallest absolute Gasteiger partial charge is 0.0442 e. The molecule has 2 heteroatoms. The lowest BCUT2D eigenvalue weighted by molar-refractivity contribution is 0.224. The number of rotatable bonds is 4. The predicted octanol–water partition coefficient (Wildman–Crippen LogP) is 2.61. The van der Waals surface area contributed by atoms with Gasteiger partial charge in [-0.1, -0.05) is 38.3 Å². The van der Waals surface area contributed by atoms with Crippen LogP contribution in [0.15, 0.2) is 12.2 Å². The highest BCUT2D eigenvalue weighted by molar-refractivity contribution is 5.04. The van der Waals surface area contributed by atoms with Crippen molar-refractivity contribution < 1.29 is 0 Å². The van der Waals surface area contributed by atoms with Crippen molar-refractivity contribution in [2.45, 2.75) is 52.0 Å². The Hall–Kier alpha value is -0.340. The van der Waals surface area contributed by atoms with Crippen LogP contribution >= 0.6 is 0 Å². The highest BCUT2D eigenvalue weighted by Crippen LogP contribution is 2.34. The van der Waals surface area contributed by atoms with Crippen LogP contribution in [-0.4, -0.2) is 6.04 Å². The fraction of sp³-hybridized carbons (Fsp3) is 0.833. The van der Waals surface area contributed by atoms with Gasteiger partial charge in [0.2, 0.25) is 0 Å². The van der Waals surface area contributed by atoms with E-state index in [0.717, 1.165) is 5.92 Å². The van der Waals surface area contributed by atoms with Crippen molar-refractivity contribution in [2.24, 2.45) is 17.7 Å². The zero-order chi connectivity index (χ0) is 10.6. The number of hydrogen-bond acceptors (Lipinski definition) is 2. The summed E-state index contributed by atoms with van der Waals surface area (Å²) in [5, 5.41) is 0. The average molecular weight is 196 g/mol. The van der Waals surface area contributed by atoms with Gasteiger partial charge in [-0.3, -0.25) is 11.3 Å². The molecule has 1 saturated carbocycles. The Balaban J connectivity index is 2.53. The van der Waals surface area contributed by atoms with Gasteiger partial charge in [0.1, 0.15) is 0 Å². The first-order valence-corrected chi connectivity index (χ1v) is 5.80. The van der Waals surface area contributed by atoms with Crippen LogP contribution in [-0.2, 0) is 0 Å². The van der Waals surface area contributed by atoms with Gasteiger partial charge >= 0.3 is 0 Å². The summed E-state index contributed by atoms with van der Waals surface area (Å²) in [5.41, 5.74) is 4.09. The van der Waals surface area contributed by atoms with Gasteiger partial charge in [-0.05, 0) is 31.6 Å². The van der Waals surface area contributed by atoms with Gasteiger partial charge in [0.05, 0.1) is 0 Å². The molecule has 0 aliphatic heterocycles. The summed E-state index contributed by atoms with van der Waals surface area (Å²) >= 11 is 0. The molecular weight excluding hydrogens is 172 g/mol. The standard InChI is InChI=1S/C12H24N2/c1-4-10-6-5-7-11(8-10)12(14-13)9(2)3/h10-12,14H,2,4-8,13H2,1,3H3. The Bertz CT molecular complexity index is 189. The van der Waals surface area contributed by atoms with E-state index in [4.69, 9.17) is 5.84 Å². The third kappa shape index (κ3) is 2.82. The Labute approximate surface area is 87.9 Å². The molecule has 1 aliphatic rings.